The van der Waals surface area contributed by atoms with Crippen LogP contribution < -0.4 is 5.32 Å². The van der Waals surface area contributed by atoms with Crippen molar-refractivity contribution in [1.29, 1.82) is 0 Å². The van der Waals surface area contributed by atoms with E-state index in [0.717, 1.165) is 55.8 Å². The van der Waals surface area contributed by atoms with Crippen molar-refractivity contribution in [3.63, 3.8) is 0 Å². The third-order valence-corrected chi connectivity index (χ3v) is 5.28. The van der Waals surface area contributed by atoms with Gasteiger partial charge in [-0.05, 0) is 38.8 Å². The van der Waals surface area contributed by atoms with Crippen LogP contribution in [0.15, 0.2) is 17.8 Å². The maximum Gasteiger partial charge on any atom is 0.191 e. The molecule has 21 heavy (non-hydrogen) atoms. The molecule has 2 aliphatic rings. The first kappa shape index (κ1) is 15.1. The Morgan fingerprint density at radius 3 is 2.90 bits per heavy atom. The van der Waals surface area contributed by atoms with E-state index in [9.17, 15) is 0 Å². The van der Waals surface area contributed by atoms with Gasteiger partial charge in [-0.3, -0.25) is 0 Å². The minimum atomic E-state index is 0.381. The molecule has 0 radical (unpaired) electrons. The second-order valence-corrected chi connectivity index (χ2v) is 6.70. The Hall–Kier alpha value is -0.850. The quantitative estimate of drug-likeness (QED) is 0.645. The van der Waals surface area contributed by atoms with Crippen LogP contribution in [0.1, 0.15) is 37.4 Å². The van der Waals surface area contributed by atoms with Gasteiger partial charge in [-0.25, -0.2) is 0 Å². The van der Waals surface area contributed by atoms with E-state index in [4.69, 9.17) is 4.74 Å². The number of allylic oxidation sites excluding steroid dienone is 1. The number of thioether (sulfide) groups is 1. The van der Waals surface area contributed by atoms with Gasteiger partial charge >= 0.3 is 0 Å². The first-order valence-corrected chi connectivity index (χ1v) is 8.86. The van der Waals surface area contributed by atoms with E-state index in [-0.39, 0.29) is 0 Å². The largest absolute Gasteiger partial charge is 0.377 e. The van der Waals surface area contributed by atoms with Gasteiger partial charge in [0.25, 0.3) is 0 Å². The lowest BCUT2D eigenvalue weighted by molar-refractivity contribution is 0.129. The molecule has 0 bridgehead atoms. The molecule has 1 aromatic rings. The molecular weight excluding hydrogens is 284 g/mol. The Labute approximate surface area is 130 Å². The number of ether oxygens (including phenoxy) is 1. The predicted octanol–water partition coefficient (Wildman–Crippen LogP) is 2.20. The van der Waals surface area contributed by atoms with E-state index in [2.05, 4.69) is 26.7 Å². The maximum atomic E-state index is 5.69. The molecular formula is C15H24N4OS. The fourth-order valence-corrected chi connectivity index (χ4v) is 4.05. The van der Waals surface area contributed by atoms with Crippen molar-refractivity contribution in [2.45, 2.75) is 49.4 Å². The third-order valence-electron chi connectivity index (χ3n) is 4.18. The fraction of sp³-hybridized carbons (Fsp3) is 0.733. The summed E-state index contributed by atoms with van der Waals surface area (Å²) >= 11 is 1.77. The van der Waals surface area contributed by atoms with Crippen molar-refractivity contribution in [2.24, 2.45) is 0 Å². The average Bonchev–Trinajstić information content (AvgIpc) is 3.16. The van der Waals surface area contributed by atoms with E-state index in [1.54, 1.807) is 11.8 Å². The number of nitrogens with one attached hydrogen (secondary N) is 1. The van der Waals surface area contributed by atoms with Crippen molar-refractivity contribution >= 4 is 11.8 Å². The average molecular weight is 308 g/mol. The number of piperidine rings is 1. The Morgan fingerprint density at radius 1 is 1.33 bits per heavy atom. The van der Waals surface area contributed by atoms with Gasteiger partial charge in [0, 0.05) is 24.8 Å². The van der Waals surface area contributed by atoms with Crippen LogP contribution in [-0.4, -0.2) is 46.3 Å². The lowest BCUT2D eigenvalue weighted by atomic mass is 9.97. The summed E-state index contributed by atoms with van der Waals surface area (Å²) < 4.78 is 7.93. The van der Waals surface area contributed by atoms with E-state index >= 15 is 0 Å². The molecule has 3 heterocycles. The van der Waals surface area contributed by atoms with Gasteiger partial charge in [0.2, 0.25) is 0 Å². The standard InChI is InChI=1S/C15H24N4OS/c1-2-9-19-14(12-5-7-16-8-6-12)17-18-15(19)21-11-13-4-3-10-20-13/h2,12-13,16H,1,3-11H2. The Kier molecular flexibility index (Phi) is 5.32. The molecule has 0 spiro atoms. The molecule has 5 nitrogen and oxygen atoms in total. The summed E-state index contributed by atoms with van der Waals surface area (Å²) in [6, 6.07) is 0. The summed E-state index contributed by atoms with van der Waals surface area (Å²) in [5, 5.41) is 13.3. The highest BCUT2D eigenvalue weighted by molar-refractivity contribution is 7.99. The zero-order valence-electron chi connectivity index (χ0n) is 12.5. The van der Waals surface area contributed by atoms with Crippen molar-refractivity contribution in [3.8, 4) is 0 Å². The second-order valence-electron chi connectivity index (χ2n) is 5.71. The Balaban J connectivity index is 1.69. The minimum absolute atomic E-state index is 0.381. The molecule has 2 saturated heterocycles. The summed E-state index contributed by atoms with van der Waals surface area (Å²) in [6.45, 7) is 7.72. The number of rotatable bonds is 6. The molecule has 1 aromatic heterocycles. The van der Waals surface area contributed by atoms with Crippen LogP contribution in [0, 0.1) is 0 Å². The van der Waals surface area contributed by atoms with Crippen molar-refractivity contribution in [1.82, 2.24) is 20.1 Å². The molecule has 1 N–H and O–H groups in total. The summed E-state index contributed by atoms with van der Waals surface area (Å²) in [5.41, 5.74) is 0. The van der Waals surface area contributed by atoms with Gasteiger partial charge in [-0.15, -0.1) is 16.8 Å². The van der Waals surface area contributed by atoms with Crippen LogP contribution >= 0.6 is 11.8 Å². The second kappa shape index (κ2) is 7.42. The minimum Gasteiger partial charge on any atom is -0.377 e. The molecule has 116 valence electrons. The van der Waals surface area contributed by atoms with Crippen molar-refractivity contribution < 1.29 is 4.74 Å². The third kappa shape index (κ3) is 3.67. The van der Waals surface area contributed by atoms with Crippen LogP contribution in [0.2, 0.25) is 0 Å². The van der Waals surface area contributed by atoms with Crippen LogP contribution in [0.3, 0.4) is 0 Å². The highest BCUT2D eigenvalue weighted by Gasteiger charge is 2.24. The summed E-state index contributed by atoms with van der Waals surface area (Å²) in [5.74, 6) is 2.63. The molecule has 0 aromatic carbocycles. The lowest BCUT2D eigenvalue weighted by Gasteiger charge is -2.22. The number of hydrogen-bond donors (Lipinski definition) is 1. The summed E-state index contributed by atoms with van der Waals surface area (Å²) in [6.07, 6.45) is 6.96. The van der Waals surface area contributed by atoms with Gasteiger partial charge in [-0.2, -0.15) is 0 Å². The van der Waals surface area contributed by atoms with Gasteiger partial charge in [0.1, 0.15) is 5.82 Å². The van der Waals surface area contributed by atoms with Gasteiger partial charge in [-0.1, -0.05) is 17.8 Å². The molecule has 1 atom stereocenters. The zero-order valence-corrected chi connectivity index (χ0v) is 13.3. The molecule has 0 saturated carbocycles. The zero-order chi connectivity index (χ0) is 14.5. The highest BCUT2D eigenvalue weighted by Crippen LogP contribution is 2.28. The van der Waals surface area contributed by atoms with E-state index in [1.807, 2.05) is 6.08 Å². The molecule has 3 rings (SSSR count). The smallest absolute Gasteiger partial charge is 0.191 e. The molecule has 2 aliphatic heterocycles. The maximum absolute atomic E-state index is 5.69. The van der Waals surface area contributed by atoms with Crippen LogP contribution in [-0.2, 0) is 11.3 Å². The summed E-state index contributed by atoms with van der Waals surface area (Å²) in [4.78, 5) is 0. The monoisotopic (exact) mass is 308 g/mol. The van der Waals surface area contributed by atoms with Crippen LogP contribution in [0.5, 0.6) is 0 Å². The molecule has 2 fully saturated rings. The number of aromatic nitrogens is 3. The van der Waals surface area contributed by atoms with Crippen LogP contribution in [0.4, 0.5) is 0 Å². The number of hydrogen-bond acceptors (Lipinski definition) is 5. The predicted molar refractivity (Wildman–Crippen MR) is 84.8 cm³/mol. The lowest BCUT2D eigenvalue weighted by Crippen LogP contribution is -2.28. The van der Waals surface area contributed by atoms with E-state index in [1.165, 1.54) is 12.8 Å². The van der Waals surface area contributed by atoms with Gasteiger partial charge in [0.15, 0.2) is 5.16 Å². The molecule has 1 unspecified atom stereocenters. The molecule has 0 amide bonds. The van der Waals surface area contributed by atoms with Gasteiger partial charge in [0.05, 0.1) is 6.10 Å². The fourth-order valence-electron chi connectivity index (χ4n) is 3.03. The van der Waals surface area contributed by atoms with E-state index < -0.39 is 0 Å². The topological polar surface area (TPSA) is 52.0 Å². The molecule has 0 aliphatic carbocycles. The summed E-state index contributed by atoms with van der Waals surface area (Å²) in [7, 11) is 0. The normalized spacial score (nSPS) is 23.5. The van der Waals surface area contributed by atoms with Crippen molar-refractivity contribution in [3.05, 3.63) is 18.5 Å². The van der Waals surface area contributed by atoms with E-state index in [0.29, 0.717) is 12.0 Å². The van der Waals surface area contributed by atoms with Crippen LogP contribution in [0.25, 0.3) is 0 Å². The Bertz CT molecular complexity index is 464. The van der Waals surface area contributed by atoms with Gasteiger partial charge < -0.3 is 14.6 Å². The SMILES string of the molecule is C=CCn1c(SCC2CCCO2)nnc1C1CCNCC1. The van der Waals surface area contributed by atoms with Crippen molar-refractivity contribution in [2.75, 3.05) is 25.4 Å². The first-order chi connectivity index (χ1) is 10.4. The first-order valence-electron chi connectivity index (χ1n) is 7.87. The Morgan fingerprint density at radius 2 is 2.19 bits per heavy atom. The highest BCUT2D eigenvalue weighted by atomic mass is 32.2. The number of nitrogens with zero attached hydrogens (tertiary/aromatic N) is 3. The molecule has 6 heteroatoms.